The zero-order chi connectivity index (χ0) is 17.1. The van der Waals surface area contributed by atoms with Gasteiger partial charge in [-0.05, 0) is 37.8 Å². The zero-order valence-corrected chi connectivity index (χ0v) is 14.5. The molecule has 1 amide bonds. The lowest BCUT2D eigenvalue weighted by Crippen LogP contribution is -2.16. The van der Waals surface area contributed by atoms with Crippen LogP contribution in [-0.4, -0.2) is 30.6 Å². The van der Waals surface area contributed by atoms with Gasteiger partial charge in [0.05, 0.1) is 11.3 Å². The maximum atomic E-state index is 12.7. The highest BCUT2D eigenvalue weighted by molar-refractivity contribution is 7.15. The van der Waals surface area contributed by atoms with Crippen molar-refractivity contribution in [3.63, 3.8) is 0 Å². The van der Waals surface area contributed by atoms with Gasteiger partial charge in [0.2, 0.25) is 0 Å². The molecular formula is C17H18N6OS. The molecule has 3 aromatic rings. The number of carbonyl (C=O) groups excluding carboxylic acids is 1. The second-order valence-electron chi connectivity index (χ2n) is 5.97. The number of thiazole rings is 1. The van der Waals surface area contributed by atoms with Crippen LogP contribution in [-0.2, 0) is 12.8 Å². The summed E-state index contributed by atoms with van der Waals surface area (Å²) in [6.45, 7) is 0. The van der Waals surface area contributed by atoms with Gasteiger partial charge in [-0.1, -0.05) is 12.8 Å². The summed E-state index contributed by atoms with van der Waals surface area (Å²) < 4.78 is 1.48. The van der Waals surface area contributed by atoms with Crippen LogP contribution in [0.5, 0.6) is 0 Å². The van der Waals surface area contributed by atoms with Crippen LogP contribution in [0, 0.1) is 0 Å². The molecule has 0 spiro atoms. The molecule has 0 aliphatic heterocycles. The van der Waals surface area contributed by atoms with E-state index < -0.39 is 0 Å². The normalized spacial score (nSPS) is 14.4. The minimum Gasteiger partial charge on any atom is -0.298 e. The fraction of sp³-hybridized carbons (Fsp3) is 0.353. The van der Waals surface area contributed by atoms with Gasteiger partial charge in [0.25, 0.3) is 5.91 Å². The summed E-state index contributed by atoms with van der Waals surface area (Å²) in [6, 6.07) is 3.46. The number of aryl methyl sites for hydroxylation is 2. The van der Waals surface area contributed by atoms with Gasteiger partial charge < -0.3 is 0 Å². The first-order chi connectivity index (χ1) is 12.3. The third-order valence-corrected chi connectivity index (χ3v) is 5.31. The van der Waals surface area contributed by atoms with Crippen molar-refractivity contribution in [2.75, 3.05) is 5.32 Å². The minimum absolute atomic E-state index is 0.236. The number of aromatic nitrogens is 5. The highest BCUT2D eigenvalue weighted by Gasteiger charge is 2.18. The Morgan fingerprint density at radius 3 is 2.92 bits per heavy atom. The molecule has 0 atom stereocenters. The van der Waals surface area contributed by atoms with E-state index in [0.29, 0.717) is 16.5 Å². The number of nitrogens with one attached hydrogen (secondary N) is 1. The maximum Gasteiger partial charge on any atom is 0.261 e. The number of nitrogens with zero attached hydrogens (tertiary/aromatic N) is 5. The standard InChI is InChI=1S/C17H18N6OS/c24-16(12-6-5-9-19-15(12)23-11-18-10-20-23)22-17-21-13-7-3-1-2-4-8-14(13)25-17/h5-6,9-11H,1-4,7-8H2,(H,21,22,24). The summed E-state index contributed by atoms with van der Waals surface area (Å²) in [7, 11) is 0. The number of fused-ring (bicyclic) bond motifs is 1. The average molecular weight is 354 g/mol. The molecule has 0 fully saturated rings. The van der Waals surface area contributed by atoms with Crippen LogP contribution in [0.15, 0.2) is 31.0 Å². The molecule has 4 rings (SSSR count). The lowest BCUT2D eigenvalue weighted by molar-refractivity contribution is 0.102. The zero-order valence-electron chi connectivity index (χ0n) is 13.7. The topological polar surface area (TPSA) is 85.6 Å². The summed E-state index contributed by atoms with van der Waals surface area (Å²) in [6.07, 6.45) is 11.5. The van der Waals surface area contributed by atoms with E-state index in [0.717, 1.165) is 18.5 Å². The lowest BCUT2D eigenvalue weighted by atomic mass is 10.0. The van der Waals surface area contributed by atoms with Crippen LogP contribution in [0.2, 0.25) is 0 Å². The number of amides is 1. The van der Waals surface area contributed by atoms with Crippen LogP contribution < -0.4 is 5.32 Å². The molecule has 0 saturated carbocycles. The Bertz CT molecular complexity index is 848. The van der Waals surface area contributed by atoms with Gasteiger partial charge in [-0.2, -0.15) is 5.10 Å². The van der Waals surface area contributed by atoms with Crippen molar-refractivity contribution in [3.05, 3.63) is 47.1 Å². The molecule has 25 heavy (non-hydrogen) atoms. The molecule has 128 valence electrons. The van der Waals surface area contributed by atoms with Gasteiger partial charge in [0.1, 0.15) is 12.7 Å². The van der Waals surface area contributed by atoms with E-state index in [4.69, 9.17) is 0 Å². The van der Waals surface area contributed by atoms with Crippen LogP contribution in [0.4, 0.5) is 5.13 Å². The largest absolute Gasteiger partial charge is 0.298 e. The SMILES string of the molecule is O=C(Nc1nc2c(s1)CCCCCC2)c1cccnc1-n1cncn1. The molecule has 0 radical (unpaired) electrons. The quantitative estimate of drug-likeness (QED) is 0.781. The molecule has 0 saturated heterocycles. The van der Waals surface area contributed by atoms with Gasteiger partial charge in [-0.15, -0.1) is 11.3 Å². The first kappa shape index (κ1) is 15.9. The minimum atomic E-state index is -0.236. The van der Waals surface area contributed by atoms with Crippen molar-refractivity contribution in [1.29, 1.82) is 0 Å². The highest BCUT2D eigenvalue weighted by atomic mass is 32.1. The Morgan fingerprint density at radius 1 is 1.20 bits per heavy atom. The van der Waals surface area contributed by atoms with E-state index in [9.17, 15) is 4.79 Å². The third-order valence-electron chi connectivity index (χ3n) is 4.23. The van der Waals surface area contributed by atoms with E-state index in [1.54, 1.807) is 29.7 Å². The number of anilines is 1. The number of hydrogen-bond acceptors (Lipinski definition) is 6. The summed E-state index contributed by atoms with van der Waals surface area (Å²) >= 11 is 1.59. The fourth-order valence-corrected chi connectivity index (χ4v) is 4.04. The maximum absolute atomic E-state index is 12.7. The smallest absolute Gasteiger partial charge is 0.261 e. The van der Waals surface area contributed by atoms with Crippen molar-refractivity contribution in [3.8, 4) is 5.82 Å². The molecule has 3 aromatic heterocycles. The molecule has 3 heterocycles. The average Bonchev–Trinajstić information content (AvgIpc) is 3.25. The Labute approximate surface area is 149 Å². The number of rotatable bonds is 3. The number of hydrogen-bond donors (Lipinski definition) is 1. The van der Waals surface area contributed by atoms with E-state index in [1.807, 2.05) is 0 Å². The van der Waals surface area contributed by atoms with Crippen molar-refractivity contribution >= 4 is 22.4 Å². The number of carbonyl (C=O) groups is 1. The molecule has 0 bridgehead atoms. The summed E-state index contributed by atoms with van der Waals surface area (Å²) in [4.78, 5) is 26.8. The molecule has 0 aromatic carbocycles. The Balaban J connectivity index is 1.58. The Hall–Kier alpha value is -2.61. The van der Waals surface area contributed by atoms with E-state index in [1.165, 1.54) is 47.9 Å². The molecule has 7 nitrogen and oxygen atoms in total. The van der Waals surface area contributed by atoms with Gasteiger partial charge in [-0.25, -0.2) is 19.6 Å². The van der Waals surface area contributed by atoms with Crippen LogP contribution in [0.1, 0.15) is 46.6 Å². The lowest BCUT2D eigenvalue weighted by Gasteiger charge is -2.07. The molecule has 1 aliphatic rings. The van der Waals surface area contributed by atoms with E-state index >= 15 is 0 Å². The second kappa shape index (κ2) is 7.10. The van der Waals surface area contributed by atoms with E-state index in [-0.39, 0.29) is 5.91 Å². The van der Waals surface area contributed by atoms with Crippen LogP contribution in [0.3, 0.4) is 0 Å². The first-order valence-corrected chi connectivity index (χ1v) is 9.23. The molecular weight excluding hydrogens is 336 g/mol. The van der Waals surface area contributed by atoms with Crippen LogP contribution >= 0.6 is 11.3 Å². The van der Waals surface area contributed by atoms with Crippen molar-refractivity contribution in [2.24, 2.45) is 0 Å². The molecule has 1 N–H and O–H groups in total. The van der Waals surface area contributed by atoms with Gasteiger partial charge in [0, 0.05) is 11.1 Å². The van der Waals surface area contributed by atoms with Crippen molar-refractivity contribution < 1.29 is 4.79 Å². The number of pyridine rings is 1. The van der Waals surface area contributed by atoms with Crippen molar-refractivity contribution in [2.45, 2.75) is 38.5 Å². The van der Waals surface area contributed by atoms with Gasteiger partial charge in [0.15, 0.2) is 10.9 Å². The monoisotopic (exact) mass is 354 g/mol. The molecule has 0 unspecified atom stereocenters. The predicted molar refractivity (Wildman–Crippen MR) is 95.1 cm³/mol. The third kappa shape index (κ3) is 3.43. The van der Waals surface area contributed by atoms with Gasteiger partial charge in [-0.3, -0.25) is 10.1 Å². The second-order valence-corrected chi connectivity index (χ2v) is 7.06. The molecule has 1 aliphatic carbocycles. The van der Waals surface area contributed by atoms with E-state index in [2.05, 4.69) is 25.4 Å². The Morgan fingerprint density at radius 2 is 2.08 bits per heavy atom. The van der Waals surface area contributed by atoms with Crippen LogP contribution in [0.25, 0.3) is 5.82 Å². The predicted octanol–water partition coefficient (Wildman–Crippen LogP) is 3.03. The van der Waals surface area contributed by atoms with Crippen molar-refractivity contribution in [1.82, 2.24) is 24.7 Å². The highest BCUT2D eigenvalue weighted by Crippen LogP contribution is 2.29. The first-order valence-electron chi connectivity index (χ1n) is 8.41. The summed E-state index contributed by atoms with van der Waals surface area (Å²) in [5.74, 6) is 0.216. The van der Waals surface area contributed by atoms with Gasteiger partial charge >= 0.3 is 0 Å². The Kier molecular flexibility index (Phi) is 4.51. The molecule has 8 heteroatoms. The fourth-order valence-electron chi connectivity index (χ4n) is 3.00. The summed E-state index contributed by atoms with van der Waals surface area (Å²) in [5.41, 5.74) is 1.58. The summed E-state index contributed by atoms with van der Waals surface area (Å²) in [5, 5.41) is 7.64.